The monoisotopic (exact) mass is 195 g/mol. The van der Waals surface area contributed by atoms with Crippen LogP contribution in [0.4, 0.5) is 4.39 Å². The average molecular weight is 195 g/mol. The lowest BCUT2D eigenvalue weighted by atomic mass is 10.2. The van der Waals surface area contributed by atoms with E-state index in [9.17, 15) is 4.39 Å². The van der Waals surface area contributed by atoms with Crippen molar-refractivity contribution < 1.29 is 9.50 Å². The number of hydrogen-bond acceptors (Lipinski definition) is 2. The summed E-state index contributed by atoms with van der Waals surface area (Å²) >= 11 is 0. The second-order valence-electron chi connectivity index (χ2n) is 3.10. The third kappa shape index (κ3) is 2.76. The van der Waals surface area contributed by atoms with Crippen LogP contribution in [-0.4, -0.2) is 5.11 Å². The molecule has 1 rings (SSSR count). The second-order valence-corrected chi connectivity index (χ2v) is 3.10. The number of halogens is 1. The molecule has 1 aromatic carbocycles. The summed E-state index contributed by atoms with van der Waals surface area (Å²) in [4.78, 5) is 0. The smallest absolute Gasteiger partial charge is 0.165 e. The van der Waals surface area contributed by atoms with Gasteiger partial charge in [0.15, 0.2) is 11.6 Å². The Hall–Kier alpha value is -1.51. The van der Waals surface area contributed by atoms with Gasteiger partial charge in [0.2, 0.25) is 0 Å². The van der Waals surface area contributed by atoms with Crippen molar-refractivity contribution in [1.82, 2.24) is 5.32 Å². The molecule has 0 heterocycles. The van der Waals surface area contributed by atoms with Gasteiger partial charge in [-0.3, -0.25) is 0 Å². The van der Waals surface area contributed by atoms with Gasteiger partial charge in [0.05, 0.1) is 0 Å². The van der Waals surface area contributed by atoms with E-state index in [2.05, 4.69) is 11.9 Å². The Morgan fingerprint density at radius 3 is 2.86 bits per heavy atom. The Morgan fingerprint density at radius 1 is 1.57 bits per heavy atom. The van der Waals surface area contributed by atoms with Crippen LogP contribution in [0.2, 0.25) is 0 Å². The zero-order chi connectivity index (χ0) is 10.6. The molecule has 76 valence electrons. The van der Waals surface area contributed by atoms with Gasteiger partial charge in [-0.1, -0.05) is 19.6 Å². The summed E-state index contributed by atoms with van der Waals surface area (Å²) in [5.74, 6) is -0.908. The molecule has 0 aromatic heterocycles. The average Bonchev–Trinajstić information content (AvgIpc) is 2.19. The molecule has 0 saturated carbocycles. The molecule has 0 spiro atoms. The summed E-state index contributed by atoms with van der Waals surface area (Å²) in [5, 5.41) is 12.0. The van der Waals surface area contributed by atoms with E-state index in [0.29, 0.717) is 6.54 Å². The Balaban J connectivity index is 2.60. The summed E-state index contributed by atoms with van der Waals surface area (Å²) in [6.45, 7) is 6.30. The number of benzene rings is 1. The van der Waals surface area contributed by atoms with E-state index < -0.39 is 5.82 Å². The van der Waals surface area contributed by atoms with Gasteiger partial charge in [-0.2, -0.15) is 0 Å². The Labute approximate surface area is 83.1 Å². The van der Waals surface area contributed by atoms with Gasteiger partial charge < -0.3 is 10.4 Å². The number of phenolic OH excluding ortho intramolecular Hbond substituents is 1. The Bertz CT molecular complexity index is 336. The van der Waals surface area contributed by atoms with Gasteiger partial charge in [-0.15, -0.1) is 0 Å². The lowest BCUT2D eigenvalue weighted by Crippen LogP contribution is -2.11. The van der Waals surface area contributed by atoms with Crippen molar-refractivity contribution in [1.29, 1.82) is 0 Å². The minimum absolute atomic E-state index is 0.317. The number of rotatable bonds is 4. The fraction of sp³-hybridized carbons (Fsp3) is 0.273. The topological polar surface area (TPSA) is 32.3 Å². The normalized spacial score (nSPS) is 9.86. The maximum absolute atomic E-state index is 12.9. The fourth-order valence-corrected chi connectivity index (χ4v) is 1.01. The molecule has 1 aromatic rings. The maximum atomic E-state index is 12.9. The van der Waals surface area contributed by atoms with E-state index in [-0.39, 0.29) is 5.75 Å². The van der Waals surface area contributed by atoms with Crippen LogP contribution in [0.3, 0.4) is 0 Å². The highest BCUT2D eigenvalue weighted by Crippen LogP contribution is 2.16. The van der Waals surface area contributed by atoms with Crippen LogP contribution in [-0.2, 0) is 6.54 Å². The van der Waals surface area contributed by atoms with E-state index in [1.165, 1.54) is 12.1 Å². The lowest BCUT2D eigenvalue weighted by Gasteiger charge is -2.07. The first-order chi connectivity index (χ1) is 6.63. The molecule has 14 heavy (non-hydrogen) atoms. The van der Waals surface area contributed by atoms with Crippen molar-refractivity contribution >= 4 is 0 Å². The van der Waals surface area contributed by atoms with Gasteiger partial charge in [0, 0.05) is 12.2 Å². The molecule has 0 aliphatic carbocycles. The highest BCUT2D eigenvalue weighted by Gasteiger charge is 2.01. The standard InChI is InChI=1S/C11H14FNO/c1-3-8(2)13-7-9-4-5-11(14)10(12)6-9/h4-6,13-14H,2-3,7H2,1H3. The van der Waals surface area contributed by atoms with Gasteiger partial charge in [-0.05, 0) is 24.1 Å². The summed E-state index contributed by atoms with van der Waals surface area (Å²) < 4.78 is 12.9. The van der Waals surface area contributed by atoms with Crippen molar-refractivity contribution in [3.05, 3.63) is 41.9 Å². The third-order valence-electron chi connectivity index (χ3n) is 1.98. The molecule has 3 heteroatoms. The molecular formula is C11H14FNO. The van der Waals surface area contributed by atoms with Crippen molar-refractivity contribution in [2.24, 2.45) is 0 Å². The van der Waals surface area contributed by atoms with Gasteiger partial charge >= 0.3 is 0 Å². The number of nitrogens with one attached hydrogen (secondary N) is 1. The molecule has 0 saturated heterocycles. The zero-order valence-electron chi connectivity index (χ0n) is 8.18. The zero-order valence-corrected chi connectivity index (χ0v) is 8.18. The number of allylic oxidation sites excluding steroid dienone is 1. The van der Waals surface area contributed by atoms with Crippen LogP contribution >= 0.6 is 0 Å². The van der Waals surface area contributed by atoms with Crippen molar-refractivity contribution in [3.8, 4) is 5.75 Å². The number of phenols is 1. The molecule has 0 bridgehead atoms. The molecule has 0 aliphatic rings. The van der Waals surface area contributed by atoms with Crippen LogP contribution in [0.25, 0.3) is 0 Å². The molecule has 0 amide bonds. The Morgan fingerprint density at radius 2 is 2.29 bits per heavy atom. The molecule has 0 atom stereocenters. The molecule has 0 aliphatic heterocycles. The summed E-state index contributed by atoms with van der Waals surface area (Å²) in [5.41, 5.74) is 1.70. The molecule has 0 fully saturated rings. The van der Waals surface area contributed by atoms with Crippen molar-refractivity contribution in [2.45, 2.75) is 19.9 Å². The minimum Gasteiger partial charge on any atom is -0.505 e. The summed E-state index contributed by atoms with van der Waals surface area (Å²) in [6, 6.07) is 4.33. The van der Waals surface area contributed by atoms with Crippen LogP contribution in [0.1, 0.15) is 18.9 Å². The van der Waals surface area contributed by atoms with Crippen LogP contribution in [0.15, 0.2) is 30.5 Å². The number of aromatic hydroxyl groups is 1. The quantitative estimate of drug-likeness (QED) is 0.773. The van der Waals surface area contributed by atoms with E-state index in [0.717, 1.165) is 17.7 Å². The Kier molecular flexibility index (Phi) is 3.51. The van der Waals surface area contributed by atoms with Gasteiger partial charge in [0.25, 0.3) is 0 Å². The van der Waals surface area contributed by atoms with Crippen molar-refractivity contribution in [3.63, 3.8) is 0 Å². The molecular weight excluding hydrogens is 181 g/mol. The van der Waals surface area contributed by atoms with Gasteiger partial charge in [-0.25, -0.2) is 4.39 Å². The summed E-state index contributed by atoms with van der Waals surface area (Å²) in [7, 11) is 0. The largest absolute Gasteiger partial charge is 0.505 e. The predicted octanol–water partition coefficient (Wildman–Crippen LogP) is 2.54. The SMILES string of the molecule is C=C(CC)NCc1ccc(O)c(F)c1. The third-order valence-corrected chi connectivity index (χ3v) is 1.98. The highest BCUT2D eigenvalue weighted by molar-refractivity contribution is 5.28. The first kappa shape index (κ1) is 10.6. The molecule has 2 N–H and O–H groups in total. The van der Waals surface area contributed by atoms with Crippen molar-refractivity contribution in [2.75, 3.05) is 0 Å². The van der Waals surface area contributed by atoms with E-state index in [4.69, 9.17) is 5.11 Å². The maximum Gasteiger partial charge on any atom is 0.165 e. The molecule has 0 unspecified atom stereocenters. The van der Waals surface area contributed by atoms with Gasteiger partial charge in [0.1, 0.15) is 0 Å². The lowest BCUT2D eigenvalue weighted by molar-refractivity contribution is 0.431. The van der Waals surface area contributed by atoms with E-state index in [1.807, 2.05) is 6.92 Å². The van der Waals surface area contributed by atoms with E-state index in [1.54, 1.807) is 6.07 Å². The second kappa shape index (κ2) is 4.65. The minimum atomic E-state index is -0.591. The predicted molar refractivity (Wildman–Crippen MR) is 54.3 cm³/mol. The first-order valence-corrected chi connectivity index (χ1v) is 4.52. The van der Waals surface area contributed by atoms with Crippen LogP contribution in [0.5, 0.6) is 5.75 Å². The fourth-order valence-electron chi connectivity index (χ4n) is 1.01. The molecule has 0 radical (unpaired) electrons. The van der Waals surface area contributed by atoms with Crippen LogP contribution in [0, 0.1) is 5.82 Å². The molecule has 2 nitrogen and oxygen atoms in total. The van der Waals surface area contributed by atoms with Crippen LogP contribution < -0.4 is 5.32 Å². The van der Waals surface area contributed by atoms with E-state index >= 15 is 0 Å². The summed E-state index contributed by atoms with van der Waals surface area (Å²) in [6.07, 6.45) is 0.848. The first-order valence-electron chi connectivity index (χ1n) is 4.52. The number of hydrogen-bond donors (Lipinski definition) is 2. The highest BCUT2D eigenvalue weighted by atomic mass is 19.1.